The Balaban J connectivity index is 2.19. The normalized spacial score (nSPS) is 12.6. The maximum absolute atomic E-state index is 13.7. The lowest BCUT2D eigenvalue weighted by atomic mass is 10.0. The number of aromatic nitrogens is 3. The van der Waals surface area contributed by atoms with Crippen molar-refractivity contribution in [2.45, 2.75) is 25.8 Å². The first-order valence-electron chi connectivity index (χ1n) is 6.63. The van der Waals surface area contributed by atoms with Crippen LogP contribution < -0.4 is 5.32 Å². The van der Waals surface area contributed by atoms with E-state index < -0.39 is 0 Å². The van der Waals surface area contributed by atoms with E-state index in [-0.39, 0.29) is 11.9 Å². The summed E-state index contributed by atoms with van der Waals surface area (Å²) in [5.74, 6) is -0.245. The first kappa shape index (κ1) is 15.1. The molecule has 0 aliphatic heterocycles. The second-order valence-corrected chi connectivity index (χ2v) is 5.62. The molecule has 1 atom stereocenters. The van der Waals surface area contributed by atoms with Crippen LogP contribution in [-0.4, -0.2) is 21.5 Å². The molecule has 0 radical (unpaired) electrons. The molecular formula is C14H18BrFN4. The van der Waals surface area contributed by atoms with Gasteiger partial charge in [0.25, 0.3) is 0 Å². The average molecular weight is 341 g/mol. The first-order chi connectivity index (χ1) is 9.60. The van der Waals surface area contributed by atoms with Crippen molar-refractivity contribution in [2.24, 2.45) is 7.05 Å². The molecule has 1 aromatic carbocycles. The Morgan fingerprint density at radius 2 is 2.25 bits per heavy atom. The molecule has 0 aliphatic rings. The molecule has 0 fully saturated rings. The molecule has 0 saturated carbocycles. The van der Waals surface area contributed by atoms with Crippen LogP contribution in [0.2, 0.25) is 0 Å². The van der Waals surface area contributed by atoms with Gasteiger partial charge in [-0.25, -0.2) is 4.39 Å². The first-order valence-corrected chi connectivity index (χ1v) is 7.43. The zero-order valence-corrected chi connectivity index (χ0v) is 13.2. The van der Waals surface area contributed by atoms with Crippen LogP contribution in [0.5, 0.6) is 0 Å². The number of hydrogen-bond donors (Lipinski definition) is 1. The van der Waals surface area contributed by atoms with Gasteiger partial charge in [0.1, 0.15) is 5.82 Å². The van der Waals surface area contributed by atoms with E-state index in [1.165, 1.54) is 0 Å². The van der Waals surface area contributed by atoms with Crippen molar-refractivity contribution in [3.05, 3.63) is 45.9 Å². The molecule has 4 nitrogen and oxygen atoms in total. The number of hydrogen-bond acceptors (Lipinski definition) is 3. The van der Waals surface area contributed by atoms with E-state index in [1.54, 1.807) is 16.8 Å². The fourth-order valence-corrected chi connectivity index (χ4v) is 2.30. The van der Waals surface area contributed by atoms with Gasteiger partial charge in [-0.3, -0.25) is 4.68 Å². The van der Waals surface area contributed by atoms with E-state index in [2.05, 4.69) is 38.5 Å². The van der Waals surface area contributed by atoms with Crippen LogP contribution >= 0.6 is 15.9 Å². The number of nitrogens with one attached hydrogen (secondary N) is 1. The summed E-state index contributed by atoms with van der Waals surface area (Å²) >= 11 is 3.18. The van der Waals surface area contributed by atoms with Crippen molar-refractivity contribution in [3.8, 4) is 0 Å². The Morgan fingerprint density at radius 1 is 1.45 bits per heavy atom. The second kappa shape index (κ2) is 6.95. The number of aryl methyl sites for hydroxylation is 1. The molecule has 0 amide bonds. The minimum absolute atomic E-state index is 0.0363. The Morgan fingerprint density at radius 3 is 2.85 bits per heavy atom. The van der Waals surface area contributed by atoms with E-state index in [0.29, 0.717) is 10.9 Å². The van der Waals surface area contributed by atoms with E-state index >= 15 is 0 Å². The fraction of sp³-hybridized carbons (Fsp3) is 0.429. The highest BCUT2D eigenvalue weighted by Crippen LogP contribution is 2.23. The molecule has 0 bridgehead atoms. The SMILES string of the molecule is CCCNC(Cc1cn(C)nn1)c1ccc(Br)c(F)c1. The third-order valence-corrected chi connectivity index (χ3v) is 3.69. The largest absolute Gasteiger partial charge is 0.310 e. The third-order valence-electron chi connectivity index (χ3n) is 3.05. The molecule has 0 spiro atoms. The van der Waals surface area contributed by atoms with Gasteiger partial charge in [0.2, 0.25) is 0 Å². The topological polar surface area (TPSA) is 42.7 Å². The van der Waals surface area contributed by atoms with Crippen molar-refractivity contribution in [1.29, 1.82) is 0 Å². The maximum Gasteiger partial charge on any atom is 0.137 e. The predicted octanol–water partition coefficient (Wildman–Crippen LogP) is 3.00. The van der Waals surface area contributed by atoms with Gasteiger partial charge in [-0.15, -0.1) is 5.10 Å². The summed E-state index contributed by atoms with van der Waals surface area (Å²) < 4.78 is 15.9. The number of halogens is 2. The predicted molar refractivity (Wildman–Crippen MR) is 79.8 cm³/mol. The van der Waals surface area contributed by atoms with Gasteiger partial charge in [-0.2, -0.15) is 0 Å². The van der Waals surface area contributed by atoms with E-state index in [9.17, 15) is 4.39 Å². The molecule has 6 heteroatoms. The van der Waals surface area contributed by atoms with Crippen LogP contribution in [0.15, 0.2) is 28.9 Å². The van der Waals surface area contributed by atoms with E-state index in [0.717, 1.165) is 24.2 Å². The Labute approximate surface area is 126 Å². The standard InChI is InChI=1S/C14H18BrFN4/c1-3-6-17-14(8-11-9-20(2)19-18-11)10-4-5-12(15)13(16)7-10/h4-5,7,9,14,17H,3,6,8H2,1-2H3. The van der Waals surface area contributed by atoms with Crippen molar-refractivity contribution >= 4 is 15.9 Å². The maximum atomic E-state index is 13.7. The van der Waals surface area contributed by atoms with Crippen LogP contribution in [0.25, 0.3) is 0 Å². The molecule has 0 saturated heterocycles. The molecule has 1 heterocycles. The molecular weight excluding hydrogens is 323 g/mol. The lowest BCUT2D eigenvalue weighted by Gasteiger charge is -2.18. The number of rotatable bonds is 6. The highest BCUT2D eigenvalue weighted by Gasteiger charge is 2.15. The highest BCUT2D eigenvalue weighted by atomic mass is 79.9. The van der Waals surface area contributed by atoms with Gasteiger partial charge in [-0.1, -0.05) is 18.2 Å². The highest BCUT2D eigenvalue weighted by molar-refractivity contribution is 9.10. The van der Waals surface area contributed by atoms with Gasteiger partial charge in [0, 0.05) is 25.7 Å². The van der Waals surface area contributed by atoms with Gasteiger partial charge in [0.05, 0.1) is 10.2 Å². The Hall–Kier alpha value is -1.27. The van der Waals surface area contributed by atoms with Crippen LogP contribution in [0.3, 0.4) is 0 Å². The fourth-order valence-electron chi connectivity index (χ4n) is 2.05. The summed E-state index contributed by atoms with van der Waals surface area (Å²) in [5.41, 5.74) is 1.81. The lowest BCUT2D eigenvalue weighted by Crippen LogP contribution is -2.24. The smallest absolute Gasteiger partial charge is 0.137 e. The monoisotopic (exact) mass is 340 g/mol. The molecule has 2 rings (SSSR count). The van der Waals surface area contributed by atoms with Gasteiger partial charge >= 0.3 is 0 Å². The minimum atomic E-state index is -0.245. The average Bonchev–Trinajstić information content (AvgIpc) is 2.83. The van der Waals surface area contributed by atoms with Crippen molar-refractivity contribution in [1.82, 2.24) is 20.3 Å². The van der Waals surface area contributed by atoms with Crippen LogP contribution in [-0.2, 0) is 13.5 Å². The summed E-state index contributed by atoms with van der Waals surface area (Å²) in [6.45, 7) is 2.98. The van der Waals surface area contributed by atoms with Crippen molar-refractivity contribution < 1.29 is 4.39 Å². The Bertz CT molecular complexity index is 570. The van der Waals surface area contributed by atoms with E-state index in [4.69, 9.17) is 0 Å². The summed E-state index contributed by atoms with van der Waals surface area (Å²) in [5, 5.41) is 11.5. The van der Waals surface area contributed by atoms with Crippen LogP contribution in [0.1, 0.15) is 30.6 Å². The zero-order valence-electron chi connectivity index (χ0n) is 11.6. The van der Waals surface area contributed by atoms with Crippen LogP contribution in [0.4, 0.5) is 4.39 Å². The van der Waals surface area contributed by atoms with Gasteiger partial charge in [0.15, 0.2) is 0 Å². The molecule has 20 heavy (non-hydrogen) atoms. The van der Waals surface area contributed by atoms with Crippen molar-refractivity contribution in [3.63, 3.8) is 0 Å². The summed E-state index contributed by atoms with van der Waals surface area (Å²) in [6, 6.07) is 5.27. The molecule has 2 aromatic rings. The molecule has 0 aliphatic carbocycles. The molecule has 1 N–H and O–H groups in total. The number of nitrogens with zero attached hydrogens (tertiary/aromatic N) is 3. The molecule has 108 valence electrons. The molecule has 1 aromatic heterocycles. The van der Waals surface area contributed by atoms with Crippen LogP contribution in [0, 0.1) is 5.82 Å². The minimum Gasteiger partial charge on any atom is -0.310 e. The van der Waals surface area contributed by atoms with Crippen molar-refractivity contribution in [2.75, 3.05) is 6.54 Å². The number of benzene rings is 1. The third kappa shape index (κ3) is 3.86. The lowest BCUT2D eigenvalue weighted by molar-refractivity contribution is 0.519. The summed E-state index contributed by atoms with van der Waals surface area (Å²) in [7, 11) is 1.84. The Kier molecular flexibility index (Phi) is 5.25. The summed E-state index contributed by atoms with van der Waals surface area (Å²) in [6.07, 6.45) is 3.60. The summed E-state index contributed by atoms with van der Waals surface area (Å²) in [4.78, 5) is 0. The van der Waals surface area contributed by atoms with Gasteiger partial charge in [-0.05, 0) is 46.6 Å². The quantitative estimate of drug-likeness (QED) is 0.878. The second-order valence-electron chi connectivity index (χ2n) is 4.77. The molecule has 1 unspecified atom stereocenters. The zero-order chi connectivity index (χ0) is 14.5. The van der Waals surface area contributed by atoms with Gasteiger partial charge < -0.3 is 5.32 Å². The van der Waals surface area contributed by atoms with E-state index in [1.807, 2.05) is 19.3 Å².